The first kappa shape index (κ1) is 21.8. The van der Waals surface area contributed by atoms with Gasteiger partial charge in [0.05, 0.1) is 21.3 Å². The van der Waals surface area contributed by atoms with E-state index in [0.29, 0.717) is 17.9 Å². The quantitative estimate of drug-likeness (QED) is 0.250. The highest BCUT2D eigenvalue weighted by molar-refractivity contribution is 5.78. The van der Waals surface area contributed by atoms with Crippen LogP contribution in [-0.4, -0.2) is 39.1 Å². The van der Waals surface area contributed by atoms with Crippen LogP contribution in [0, 0.1) is 0 Å². The normalized spacial score (nSPS) is 15.4. The van der Waals surface area contributed by atoms with Gasteiger partial charge in [-0.25, -0.2) is 0 Å². The molecule has 1 N–H and O–H groups in total. The summed E-state index contributed by atoms with van der Waals surface area (Å²) in [6.45, 7) is 0.154. The van der Waals surface area contributed by atoms with Crippen molar-refractivity contribution in [1.29, 1.82) is 0 Å². The van der Waals surface area contributed by atoms with Crippen molar-refractivity contribution in [3.05, 3.63) is 51.9 Å². The number of unbranched alkanes of at least 4 members (excludes halogenated alkanes) is 1. The molecule has 0 aliphatic heterocycles. The van der Waals surface area contributed by atoms with Gasteiger partial charge in [-0.05, 0) is 83.7 Å². The van der Waals surface area contributed by atoms with Crippen LogP contribution in [0.15, 0.2) is 35.4 Å². The molecule has 0 heterocycles. The molecule has 30 heavy (non-hydrogen) atoms. The number of aliphatic hydroxyl groups is 1. The highest BCUT2D eigenvalue weighted by Gasteiger charge is 2.29. The molecule has 0 radical (unpaired) electrons. The second-order valence-corrected chi connectivity index (χ2v) is 7.53. The van der Waals surface area contributed by atoms with E-state index in [2.05, 4.69) is 22.2 Å². The van der Waals surface area contributed by atoms with Crippen LogP contribution in [0.3, 0.4) is 0 Å². The van der Waals surface area contributed by atoms with E-state index in [0.717, 1.165) is 48.1 Å². The molecular weight excluding hydrogens is 382 g/mol. The molecule has 2 atom stereocenters. The van der Waals surface area contributed by atoms with Crippen molar-refractivity contribution in [2.24, 2.45) is 5.11 Å². The molecule has 0 saturated carbocycles. The lowest BCUT2D eigenvalue weighted by Gasteiger charge is -2.31. The summed E-state index contributed by atoms with van der Waals surface area (Å²) in [4.78, 5) is 3.07. The zero-order valence-corrected chi connectivity index (χ0v) is 17.8. The van der Waals surface area contributed by atoms with E-state index < -0.39 is 0 Å². The fourth-order valence-corrected chi connectivity index (χ4v) is 4.28. The highest BCUT2D eigenvalue weighted by Crippen LogP contribution is 2.47. The maximum absolute atomic E-state index is 9.08. The minimum atomic E-state index is -0.118. The number of methoxy groups -OCH3 is 3. The van der Waals surface area contributed by atoms with Gasteiger partial charge in [0, 0.05) is 17.6 Å². The first-order chi connectivity index (χ1) is 14.6. The summed E-state index contributed by atoms with van der Waals surface area (Å²) >= 11 is 0. The molecule has 0 amide bonds. The Morgan fingerprint density at radius 3 is 2.50 bits per heavy atom. The summed E-state index contributed by atoms with van der Waals surface area (Å²) in [5.74, 6) is 2.36. The molecule has 0 saturated heterocycles. The maximum Gasteiger partial charge on any atom is 0.161 e. The van der Waals surface area contributed by atoms with Crippen LogP contribution < -0.4 is 14.2 Å². The van der Waals surface area contributed by atoms with Gasteiger partial charge in [0.15, 0.2) is 11.5 Å². The monoisotopic (exact) mass is 411 g/mol. The smallest absolute Gasteiger partial charge is 0.161 e. The molecule has 2 aromatic carbocycles. The zero-order valence-electron chi connectivity index (χ0n) is 17.8. The Morgan fingerprint density at radius 1 is 1.07 bits per heavy atom. The van der Waals surface area contributed by atoms with Gasteiger partial charge in [-0.2, -0.15) is 0 Å². The fraction of sp³-hybridized carbons (Fsp3) is 0.478. The van der Waals surface area contributed by atoms with Crippen molar-refractivity contribution >= 4 is 0 Å². The lowest BCUT2D eigenvalue weighted by atomic mass is 9.75. The largest absolute Gasteiger partial charge is 0.497 e. The number of nitrogens with zero attached hydrogens (tertiary/aromatic N) is 3. The Balaban J connectivity index is 2.03. The summed E-state index contributed by atoms with van der Waals surface area (Å²) in [5, 5.41) is 13.1. The van der Waals surface area contributed by atoms with Gasteiger partial charge in [-0.15, -0.1) is 0 Å². The number of fused-ring (bicyclic) bond motifs is 3. The number of benzene rings is 2. The van der Waals surface area contributed by atoms with E-state index in [1.165, 1.54) is 5.56 Å². The van der Waals surface area contributed by atoms with Crippen LogP contribution in [0.2, 0.25) is 0 Å². The minimum Gasteiger partial charge on any atom is -0.497 e. The van der Waals surface area contributed by atoms with Crippen molar-refractivity contribution in [3.8, 4) is 28.4 Å². The van der Waals surface area contributed by atoms with Gasteiger partial charge in [-0.1, -0.05) is 17.6 Å². The van der Waals surface area contributed by atoms with E-state index in [1.54, 1.807) is 21.3 Å². The Kier molecular flexibility index (Phi) is 7.44. The lowest BCUT2D eigenvalue weighted by Crippen LogP contribution is -2.17. The van der Waals surface area contributed by atoms with Gasteiger partial charge < -0.3 is 19.3 Å². The summed E-state index contributed by atoms with van der Waals surface area (Å²) in [6.07, 6.45) is 3.90. The maximum atomic E-state index is 9.08. The third-order valence-electron chi connectivity index (χ3n) is 5.79. The Morgan fingerprint density at radius 2 is 1.83 bits per heavy atom. The first-order valence-electron chi connectivity index (χ1n) is 10.2. The number of hydrogen-bond acceptors (Lipinski definition) is 5. The van der Waals surface area contributed by atoms with E-state index >= 15 is 0 Å². The number of hydrogen-bond donors (Lipinski definition) is 1. The second-order valence-electron chi connectivity index (χ2n) is 7.53. The van der Waals surface area contributed by atoms with Crippen LogP contribution >= 0.6 is 0 Å². The van der Waals surface area contributed by atoms with E-state index in [9.17, 15) is 0 Å². The van der Waals surface area contributed by atoms with Crippen LogP contribution in [0.1, 0.15) is 42.7 Å². The first-order valence-corrected chi connectivity index (χ1v) is 10.2. The fourth-order valence-electron chi connectivity index (χ4n) is 4.28. The molecular formula is C23H29N3O4. The molecule has 1 unspecified atom stereocenters. The molecule has 7 heteroatoms. The third kappa shape index (κ3) is 4.64. The predicted octanol–water partition coefficient (Wildman–Crippen LogP) is 5.25. The molecule has 0 aromatic heterocycles. The van der Waals surface area contributed by atoms with E-state index in [-0.39, 0.29) is 18.6 Å². The van der Waals surface area contributed by atoms with Crippen LogP contribution in [0.5, 0.6) is 17.2 Å². The molecule has 3 rings (SSSR count). The van der Waals surface area contributed by atoms with Gasteiger partial charge in [-0.3, -0.25) is 0 Å². The topological polar surface area (TPSA) is 96.7 Å². The van der Waals surface area contributed by atoms with Gasteiger partial charge in [0.1, 0.15) is 5.75 Å². The molecule has 1 aliphatic carbocycles. The molecule has 7 nitrogen and oxygen atoms in total. The number of azide groups is 1. The van der Waals surface area contributed by atoms with Crippen molar-refractivity contribution in [3.63, 3.8) is 0 Å². The average molecular weight is 412 g/mol. The molecule has 0 fully saturated rings. The summed E-state index contributed by atoms with van der Waals surface area (Å²) < 4.78 is 16.5. The lowest BCUT2D eigenvalue weighted by molar-refractivity contribution is 0.280. The Labute approximate surface area is 177 Å². The predicted molar refractivity (Wildman–Crippen MR) is 116 cm³/mol. The summed E-state index contributed by atoms with van der Waals surface area (Å²) in [7, 11) is 4.94. The Bertz CT molecular complexity index is 925. The van der Waals surface area contributed by atoms with Crippen molar-refractivity contribution < 1.29 is 19.3 Å². The standard InChI is InChI=1S/C23H29N3O4/c1-28-18-8-7-15-10-16(11-17(25-26-24)6-4-5-9-27)20-13-22(29-2)23(30-3)14-21(20)19(15)12-18/h7-8,12-14,16-17,27H,4-6,9-11H2,1-3H3/t16?,17-/m1/s1. The molecule has 0 bridgehead atoms. The molecule has 160 valence electrons. The summed E-state index contributed by atoms with van der Waals surface area (Å²) in [6, 6.07) is 10.1. The zero-order chi connectivity index (χ0) is 21.5. The van der Waals surface area contributed by atoms with Crippen molar-refractivity contribution in [2.75, 3.05) is 27.9 Å². The number of ether oxygens (including phenoxy) is 3. The SMILES string of the molecule is COc1ccc2c(c1)-c1cc(OC)c(OC)cc1C(C[C@@H](CCCCO)N=[N+]=[N-])C2. The highest BCUT2D eigenvalue weighted by atomic mass is 16.5. The number of rotatable bonds is 10. The van der Waals surface area contributed by atoms with Crippen LogP contribution in [0.25, 0.3) is 21.6 Å². The molecule has 2 aromatic rings. The van der Waals surface area contributed by atoms with Gasteiger partial charge >= 0.3 is 0 Å². The van der Waals surface area contributed by atoms with E-state index in [1.807, 2.05) is 18.2 Å². The third-order valence-corrected chi connectivity index (χ3v) is 5.79. The second kappa shape index (κ2) is 10.2. The number of aliphatic hydroxyl groups excluding tert-OH is 1. The van der Waals surface area contributed by atoms with Gasteiger partial charge in [0.2, 0.25) is 0 Å². The van der Waals surface area contributed by atoms with Crippen molar-refractivity contribution in [1.82, 2.24) is 0 Å². The summed E-state index contributed by atoms with van der Waals surface area (Å²) in [5.41, 5.74) is 13.7. The molecule has 0 spiro atoms. The van der Waals surface area contributed by atoms with Crippen molar-refractivity contribution in [2.45, 2.75) is 44.1 Å². The minimum absolute atomic E-state index is 0.118. The average Bonchev–Trinajstić information content (AvgIpc) is 2.78. The van der Waals surface area contributed by atoms with Crippen LogP contribution in [-0.2, 0) is 6.42 Å². The Hall–Kier alpha value is -2.89. The molecule has 1 aliphatic rings. The van der Waals surface area contributed by atoms with Gasteiger partial charge in [0.25, 0.3) is 0 Å². The van der Waals surface area contributed by atoms with E-state index in [4.69, 9.17) is 24.8 Å². The van der Waals surface area contributed by atoms with Crippen LogP contribution in [0.4, 0.5) is 0 Å².